The largest absolute Gasteiger partial charge is 0.494 e. The lowest BCUT2D eigenvalue weighted by Gasteiger charge is -2.01. The number of hydrogen-bond donors (Lipinski definition) is 0. The van der Waals surface area contributed by atoms with E-state index in [0.717, 1.165) is 19.0 Å². The van der Waals surface area contributed by atoms with E-state index in [1.807, 2.05) is 75.4 Å². The zero-order chi connectivity index (χ0) is 35.7. The van der Waals surface area contributed by atoms with Gasteiger partial charge in [0.05, 0.1) is 6.61 Å². The van der Waals surface area contributed by atoms with Crippen LogP contribution in [0.4, 0.5) is 0 Å². The van der Waals surface area contributed by atoms with Crippen LogP contribution in [-0.2, 0) is 4.74 Å². The molecular formula is C45H62O2. The molecule has 0 spiro atoms. The van der Waals surface area contributed by atoms with Crippen molar-refractivity contribution >= 4 is 0 Å². The fourth-order valence-electron chi connectivity index (χ4n) is 3.24. The van der Waals surface area contributed by atoms with E-state index in [1.54, 1.807) is 13.2 Å². The maximum Gasteiger partial charge on any atom is 0.119 e. The van der Waals surface area contributed by atoms with E-state index >= 15 is 0 Å². The van der Waals surface area contributed by atoms with Crippen molar-refractivity contribution < 1.29 is 9.47 Å². The van der Waals surface area contributed by atoms with Crippen LogP contribution in [0, 0.1) is 48.5 Å². The number of benzene rings is 5. The number of rotatable bonds is 3. The standard InChI is InChI=1S/C9H12O.2C8H10.2C7H8.C3H8O.C3H6/c1-3-10-9-6-4-5-8(2)7-9;1-7-3-5-8(2)6-4-7;1-7-5-3-4-6-8(7)2;2*1-7-5-3-2-4-6-7;1-3-4-2;1-3-2/h4-7H,3H2,1-2H3;2*3-6H,1-2H3;2*2-6H,1H3;3H2,1-2H3;3H,1H2,2H3. The van der Waals surface area contributed by atoms with E-state index in [-0.39, 0.29) is 0 Å². The van der Waals surface area contributed by atoms with Gasteiger partial charge in [-0.25, -0.2) is 0 Å². The second-order valence-electron chi connectivity index (χ2n) is 10.8. The Kier molecular flexibility index (Phi) is 30.0. The molecule has 0 saturated carbocycles. The topological polar surface area (TPSA) is 18.5 Å². The quantitative estimate of drug-likeness (QED) is 0.184. The SMILES string of the molecule is C=CC.CCOC.CCOc1cccc(C)c1.Cc1ccc(C)cc1.Cc1ccccc1.Cc1ccccc1.Cc1ccccc1C. The van der Waals surface area contributed by atoms with E-state index in [9.17, 15) is 0 Å². The van der Waals surface area contributed by atoms with Gasteiger partial charge in [0.2, 0.25) is 0 Å². The molecule has 0 aliphatic carbocycles. The molecule has 2 heteroatoms. The number of methoxy groups -OCH3 is 1. The van der Waals surface area contributed by atoms with Gasteiger partial charge < -0.3 is 9.47 Å². The molecule has 0 aromatic heterocycles. The molecule has 0 radical (unpaired) electrons. The Morgan fingerprint density at radius 1 is 0.468 bits per heavy atom. The van der Waals surface area contributed by atoms with Gasteiger partial charge in [-0.2, -0.15) is 0 Å². The summed E-state index contributed by atoms with van der Waals surface area (Å²) in [5.41, 5.74) is 9.28. The minimum atomic E-state index is 0.740. The molecule has 5 rings (SSSR count). The summed E-state index contributed by atoms with van der Waals surface area (Å²) in [6, 6.07) is 45.4. The maximum atomic E-state index is 5.29. The Bertz CT molecular complexity index is 1290. The molecule has 254 valence electrons. The number of ether oxygens (including phenoxy) is 2. The van der Waals surface area contributed by atoms with Gasteiger partial charge in [0.15, 0.2) is 0 Å². The summed E-state index contributed by atoms with van der Waals surface area (Å²) in [6.07, 6.45) is 1.75. The molecule has 0 aliphatic rings. The van der Waals surface area contributed by atoms with Crippen LogP contribution in [0.2, 0.25) is 0 Å². The highest BCUT2D eigenvalue weighted by Gasteiger charge is 1.89. The van der Waals surface area contributed by atoms with E-state index in [0.29, 0.717) is 0 Å². The summed E-state index contributed by atoms with van der Waals surface area (Å²) < 4.78 is 9.83. The van der Waals surface area contributed by atoms with Gasteiger partial charge in [-0.3, -0.25) is 0 Å². The van der Waals surface area contributed by atoms with Crippen LogP contribution in [0.1, 0.15) is 59.7 Å². The Balaban J connectivity index is 0. The van der Waals surface area contributed by atoms with E-state index < -0.39 is 0 Å². The highest BCUT2D eigenvalue weighted by Crippen LogP contribution is 2.11. The van der Waals surface area contributed by atoms with Crippen LogP contribution in [0.25, 0.3) is 0 Å². The van der Waals surface area contributed by atoms with Gasteiger partial charge in [-0.15, -0.1) is 6.58 Å². The molecule has 0 bridgehead atoms. The van der Waals surface area contributed by atoms with Crippen molar-refractivity contribution in [3.8, 4) is 5.75 Å². The van der Waals surface area contributed by atoms with Gasteiger partial charge >= 0.3 is 0 Å². The van der Waals surface area contributed by atoms with Gasteiger partial charge in [0, 0.05) is 13.7 Å². The molecule has 0 fully saturated rings. The molecule has 47 heavy (non-hydrogen) atoms. The van der Waals surface area contributed by atoms with Crippen molar-refractivity contribution in [3.63, 3.8) is 0 Å². The monoisotopic (exact) mass is 634 g/mol. The third kappa shape index (κ3) is 30.0. The van der Waals surface area contributed by atoms with Gasteiger partial charge in [0.25, 0.3) is 0 Å². The molecule has 0 aliphatic heterocycles. The zero-order valence-corrected chi connectivity index (χ0v) is 31.2. The first-order chi connectivity index (χ1) is 22.5. The summed E-state index contributed by atoms with van der Waals surface area (Å²) in [5, 5.41) is 0. The average molecular weight is 635 g/mol. The summed E-state index contributed by atoms with van der Waals surface area (Å²) in [4.78, 5) is 0. The van der Waals surface area contributed by atoms with Crippen LogP contribution in [0.3, 0.4) is 0 Å². The summed E-state index contributed by atoms with van der Waals surface area (Å²) in [6.45, 7) is 25.4. The van der Waals surface area contributed by atoms with Crippen LogP contribution < -0.4 is 4.74 Å². The molecule has 5 aromatic carbocycles. The van der Waals surface area contributed by atoms with Crippen molar-refractivity contribution in [2.75, 3.05) is 20.3 Å². The van der Waals surface area contributed by atoms with Crippen molar-refractivity contribution in [1.29, 1.82) is 0 Å². The molecule has 0 N–H and O–H groups in total. The molecule has 0 heterocycles. The fraction of sp³-hybridized carbons (Fsp3) is 0.289. The predicted molar refractivity (Wildman–Crippen MR) is 210 cm³/mol. The normalized spacial score (nSPS) is 8.66. The van der Waals surface area contributed by atoms with E-state index in [2.05, 4.69) is 139 Å². The van der Waals surface area contributed by atoms with Gasteiger partial charge in [-0.05, 0) is 98.1 Å². The Morgan fingerprint density at radius 3 is 1.04 bits per heavy atom. The maximum absolute atomic E-state index is 5.29. The van der Waals surface area contributed by atoms with Crippen LogP contribution >= 0.6 is 0 Å². The van der Waals surface area contributed by atoms with Crippen molar-refractivity contribution in [1.82, 2.24) is 0 Å². The van der Waals surface area contributed by atoms with Gasteiger partial charge in [0.1, 0.15) is 5.75 Å². The van der Waals surface area contributed by atoms with Crippen molar-refractivity contribution in [3.05, 3.63) is 185 Å². The smallest absolute Gasteiger partial charge is 0.119 e. The molecule has 0 amide bonds. The number of aryl methyl sites for hydroxylation is 7. The second kappa shape index (κ2) is 31.6. The minimum Gasteiger partial charge on any atom is -0.494 e. The zero-order valence-electron chi connectivity index (χ0n) is 31.2. The highest BCUT2D eigenvalue weighted by molar-refractivity contribution is 5.27. The van der Waals surface area contributed by atoms with Gasteiger partial charge in [-0.1, -0.05) is 150 Å². The lowest BCUT2D eigenvalue weighted by atomic mass is 10.1. The Hall–Kier alpha value is -4.40. The van der Waals surface area contributed by atoms with Crippen LogP contribution in [-0.4, -0.2) is 20.3 Å². The number of allylic oxidation sites excluding steroid dienone is 1. The lowest BCUT2D eigenvalue weighted by Crippen LogP contribution is -1.90. The lowest BCUT2D eigenvalue weighted by molar-refractivity contribution is 0.215. The van der Waals surface area contributed by atoms with Crippen molar-refractivity contribution in [2.24, 2.45) is 0 Å². The highest BCUT2D eigenvalue weighted by atomic mass is 16.5. The Labute approximate surface area is 289 Å². The molecule has 5 aromatic rings. The number of hydrogen-bond acceptors (Lipinski definition) is 2. The molecule has 2 nitrogen and oxygen atoms in total. The fourth-order valence-corrected chi connectivity index (χ4v) is 3.24. The molecule has 0 unspecified atom stereocenters. The van der Waals surface area contributed by atoms with Crippen molar-refractivity contribution in [2.45, 2.75) is 69.2 Å². The second-order valence-corrected chi connectivity index (χ2v) is 10.8. The average Bonchev–Trinajstić information content (AvgIpc) is 3.07. The van der Waals surface area contributed by atoms with E-state index in [1.165, 1.54) is 38.9 Å². The Morgan fingerprint density at radius 2 is 0.787 bits per heavy atom. The summed E-state index contributed by atoms with van der Waals surface area (Å²) >= 11 is 0. The predicted octanol–water partition coefficient (Wildman–Crippen LogP) is 12.8. The first kappa shape index (κ1) is 44.7. The molecule has 0 saturated heterocycles. The third-order valence-corrected chi connectivity index (χ3v) is 6.11. The molecular weight excluding hydrogens is 572 g/mol. The third-order valence-electron chi connectivity index (χ3n) is 6.11. The van der Waals surface area contributed by atoms with Crippen LogP contribution in [0.5, 0.6) is 5.75 Å². The minimum absolute atomic E-state index is 0.740. The summed E-state index contributed by atoms with van der Waals surface area (Å²) in [7, 11) is 1.68. The van der Waals surface area contributed by atoms with E-state index in [4.69, 9.17) is 4.74 Å². The summed E-state index contributed by atoms with van der Waals surface area (Å²) in [5.74, 6) is 0.961. The first-order valence-corrected chi connectivity index (χ1v) is 16.4. The molecule has 0 atom stereocenters. The van der Waals surface area contributed by atoms with Crippen LogP contribution in [0.15, 0.2) is 146 Å². The first-order valence-electron chi connectivity index (χ1n) is 16.4.